The van der Waals surface area contributed by atoms with Crippen molar-refractivity contribution in [3.63, 3.8) is 0 Å². The molecule has 0 heterocycles. The topological polar surface area (TPSA) is 0 Å². The van der Waals surface area contributed by atoms with Crippen molar-refractivity contribution in [3.8, 4) is 0 Å². The molecule has 0 aromatic carbocycles. The van der Waals surface area contributed by atoms with Crippen molar-refractivity contribution < 1.29 is 119 Å². The second kappa shape index (κ2) is 32.8. The van der Waals surface area contributed by atoms with Crippen LogP contribution in [0.25, 0.3) is 0 Å². The third kappa shape index (κ3) is 22.6. The molecule has 3 unspecified atom stereocenters. The summed E-state index contributed by atoms with van der Waals surface area (Å²) < 4.78 is 338. The van der Waals surface area contributed by atoms with Gasteiger partial charge in [-0.15, -0.1) is 0 Å². The van der Waals surface area contributed by atoms with Crippen LogP contribution in [0, 0.1) is 98.1 Å². The first-order valence-electron chi connectivity index (χ1n) is 34.0. The minimum absolute atomic E-state index is 0.0106. The summed E-state index contributed by atoms with van der Waals surface area (Å²) in [5.74, 6) is -1.08. The van der Waals surface area contributed by atoms with Crippen LogP contribution < -0.4 is 0 Å². The second-order valence-electron chi connectivity index (χ2n) is 30.8. The van der Waals surface area contributed by atoms with Crippen LogP contribution in [0.15, 0.2) is 0 Å². The molecule has 0 aromatic rings. The van der Waals surface area contributed by atoms with Crippen LogP contribution in [-0.4, -0.2) is 55.6 Å². The summed E-state index contributed by atoms with van der Waals surface area (Å²) in [4.78, 5) is 0. The van der Waals surface area contributed by atoms with E-state index in [1.165, 1.54) is 32.1 Å². The lowest BCUT2D eigenvalue weighted by Gasteiger charge is -2.49. The maximum absolute atomic E-state index is 13.0. The zero-order chi connectivity index (χ0) is 72.6. The number of hydrogen-bond donors (Lipinski definition) is 0. The molecule has 1 spiro atoms. The molecule has 560 valence electrons. The molecule has 0 aliphatic heterocycles. The summed E-state index contributed by atoms with van der Waals surface area (Å²) in [7, 11) is 0. The summed E-state index contributed by atoms with van der Waals surface area (Å²) in [6, 6.07) is 0. The van der Waals surface area contributed by atoms with Gasteiger partial charge in [0.2, 0.25) is 0 Å². The molecule has 7 atom stereocenters. The third-order valence-corrected chi connectivity index (χ3v) is 24.2. The highest BCUT2D eigenvalue weighted by molar-refractivity contribution is 5.03. The molecule has 27 heteroatoms. The molecule has 10 fully saturated rings. The Morgan fingerprint density at radius 2 is 0.681 bits per heavy atom. The fraction of sp³-hybridized carbons (Fsp3) is 1.00. The largest absolute Gasteiger partial charge is 0.403 e. The van der Waals surface area contributed by atoms with Gasteiger partial charge in [0.1, 0.15) is 0 Å². The Kier molecular flexibility index (Phi) is 30.2. The molecule has 2 bridgehead atoms. The highest BCUT2D eigenvalue weighted by Crippen LogP contribution is 2.65. The molecule has 0 amide bonds. The van der Waals surface area contributed by atoms with Gasteiger partial charge in [-0.1, -0.05) is 127 Å². The first-order chi connectivity index (χ1) is 42.4. The maximum atomic E-state index is 13.0. The van der Waals surface area contributed by atoms with Gasteiger partial charge >= 0.3 is 55.6 Å². The van der Waals surface area contributed by atoms with Gasteiger partial charge in [0.15, 0.2) is 16.2 Å². The van der Waals surface area contributed by atoms with E-state index in [0.29, 0.717) is 50.4 Å². The van der Waals surface area contributed by atoms with E-state index in [-0.39, 0.29) is 67.6 Å². The van der Waals surface area contributed by atoms with Gasteiger partial charge in [-0.2, -0.15) is 119 Å². The first kappa shape index (κ1) is 86.3. The number of hydrogen-bond acceptors (Lipinski definition) is 0. The monoisotopic (exact) mass is 1420 g/mol. The molecule has 0 saturated heterocycles. The molecular formula is C67H103F27. The third-order valence-electron chi connectivity index (χ3n) is 24.2. The lowest BCUT2D eigenvalue weighted by molar-refractivity contribution is -0.364. The second-order valence-corrected chi connectivity index (χ2v) is 30.8. The average molecular weight is 1420 g/mol. The Labute approximate surface area is 538 Å². The molecule has 0 N–H and O–H groups in total. The van der Waals surface area contributed by atoms with Gasteiger partial charge in [0, 0.05) is 0 Å². The summed E-state index contributed by atoms with van der Waals surface area (Å²) in [5, 5.41) is 0. The van der Waals surface area contributed by atoms with E-state index >= 15 is 0 Å². The Bertz CT molecular complexity index is 2100. The van der Waals surface area contributed by atoms with Crippen LogP contribution in [0.4, 0.5) is 119 Å². The quantitative estimate of drug-likeness (QED) is 0.212. The highest BCUT2D eigenvalue weighted by atomic mass is 19.4. The van der Waals surface area contributed by atoms with Crippen molar-refractivity contribution in [1.82, 2.24) is 0 Å². The van der Waals surface area contributed by atoms with E-state index in [1.807, 2.05) is 20.8 Å². The van der Waals surface area contributed by atoms with Crippen molar-refractivity contribution in [2.24, 2.45) is 98.1 Å². The minimum Gasteiger partial charge on any atom is -0.171 e. The van der Waals surface area contributed by atoms with Crippen LogP contribution in [0.1, 0.15) is 268 Å². The maximum Gasteiger partial charge on any atom is 0.403 e. The predicted octanol–water partition coefficient (Wildman–Crippen LogP) is 28.1. The molecule has 0 aromatic heterocycles. The van der Waals surface area contributed by atoms with Gasteiger partial charge in [-0.3, -0.25) is 0 Å². The standard InChI is InChI=1S/C14H20F6.C10H18.2C9H12F6.C9H15F3.2C8H13F3/c1-10-2-4-11(5-3-10)6-8-12(9-7-11,13(15,16)17)14(18,19)20;1-8-7-9-3-5-10(8,2)6-4-9;1-6-2-4-7(5-3-6,8(10,11)12)9(13,14)15;1-6-4-2-3-5-7(6,8(10,11)12)9(13,14)15;1-6-4-3-5-8(7(6)2)9(10,11)12;1-6-2-4-7(5-3-6)8(9,10)11;1-6-3-2-4-7(5-6)8(9,10)11/h10H,2-9H2,1H3;8-9H,3-7H2,1-2H3;2*6H,2-5H2,1H3;6-8H,3-5H2,1-2H3;2*6-7H,2-5H2,1H3/t;8-,9?,10?;;6-;6?,7-,8?;;6-,7?/m.0.11.1/s1. The summed E-state index contributed by atoms with van der Waals surface area (Å²) >= 11 is 0. The zero-order valence-electron chi connectivity index (χ0n) is 55.8. The van der Waals surface area contributed by atoms with Gasteiger partial charge in [-0.25, -0.2) is 0 Å². The Balaban J connectivity index is 0.000000289. The smallest absolute Gasteiger partial charge is 0.171 e. The summed E-state index contributed by atoms with van der Waals surface area (Å²) in [6.45, 7) is 17.3. The zero-order valence-corrected chi connectivity index (χ0v) is 55.8. The molecule has 10 aliphatic rings. The lowest BCUT2D eigenvalue weighted by Crippen LogP contribution is -2.55. The fourth-order valence-electron chi connectivity index (χ4n) is 16.4. The number of halogens is 27. The fourth-order valence-corrected chi connectivity index (χ4v) is 16.4. The molecule has 94 heavy (non-hydrogen) atoms. The summed E-state index contributed by atoms with van der Waals surface area (Å²) in [5.41, 5.74) is -9.96. The average Bonchev–Trinajstić information content (AvgIpc) is 0.761. The van der Waals surface area contributed by atoms with Gasteiger partial charge in [-0.05, 0) is 205 Å². The molecule has 10 rings (SSSR count). The van der Waals surface area contributed by atoms with Crippen LogP contribution in [-0.2, 0) is 0 Å². The minimum atomic E-state index is -5.20. The Morgan fingerprint density at radius 3 is 1.00 bits per heavy atom. The van der Waals surface area contributed by atoms with E-state index in [9.17, 15) is 119 Å². The highest BCUT2D eigenvalue weighted by Gasteiger charge is 2.74. The Morgan fingerprint density at radius 1 is 0.277 bits per heavy atom. The number of fused-ring (bicyclic) bond motifs is 3. The van der Waals surface area contributed by atoms with E-state index in [1.54, 1.807) is 13.8 Å². The van der Waals surface area contributed by atoms with Crippen molar-refractivity contribution in [3.05, 3.63) is 0 Å². The molecular weight excluding hydrogens is 1320 g/mol. The molecule has 10 saturated carbocycles. The van der Waals surface area contributed by atoms with E-state index in [0.717, 1.165) is 88.4 Å². The predicted molar refractivity (Wildman–Crippen MR) is 307 cm³/mol. The summed E-state index contributed by atoms with van der Waals surface area (Å²) in [6.07, 6.45) is -29.1. The van der Waals surface area contributed by atoms with Crippen LogP contribution in [0.2, 0.25) is 0 Å². The van der Waals surface area contributed by atoms with Gasteiger partial charge < -0.3 is 0 Å². The van der Waals surface area contributed by atoms with Gasteiger partial charge in [0.25, 0.3) is 0 Å². The van der Waals surface area contributed by atoms with E-state index < -0.39 is 128 Å². The van der Waals surface area contributed by atoms with Crippen LogP contribution >= 0.6 is 0 Å². The molecule has 10 aliphatic carbocycles. The lowest BCUT2D eigenvalue weighted by atomic mass is 9.57. The number of alkyl halides is 27. The number of rotatable bonds is 0. The first-order valence-corrected chi connectivity index (χ1v) is 34.0. The van der Waals surface area contributed by atoms with E-state index in [4.69, 9.17) is 0 Å². The van der Waals surface area contributed by atoms with Crippen LogP contribution in [0.3, 0.4) is 0 Å². The normalized spacial score (nSPS) is 32.7. The van der Waals surface area contributed by atoms with Crippen molar-refractivity contribution in [2.45, 2.75) is 323 Å². The molecule has 0 radical (unpaired) electrons. The SMILES string of the molecule is CC1CCC(C(F)(F)F)(C(F)(F)F)CC1.CC1CCC(C(F)(F)F)CC1.CC1CCC2(CC1)CCC(C(F)(F)F)(C(F)(F)F)CC2.CC1CCCC(C(F)(F)F)[C@@H]1C.C[C@@H]1CCCC(C(F)(F)F)C1.C[C@@H]1CCCCC1(C(F)(F)F)C(F)(F)F.C[C@H]1CC2CCC1(C)CC2. The van der Waals surface area contributed by atoms with Crippen LogP contribution in [0.5, 0.6) is 0 Å². The van der Waals surface area contributed by atoms with Crippen molar-refractivity contribution in [2.75, 3.05) is 0 Å². The van der Waals surface area contributed by atoms with Crippen molar-refractivity contribution in [1.29, 1.82) is 0 Å². The van der Waals surface area contributed by atoms with Gasteiger partial charge in [0.05, 0.1) is 17.8 Å². The molecule has 0 nitrogen and oxygen atoms in total. The van der Waals surface area contributed by atoms with Crippen molar-refractivity contribution >= 4 is 0 Å². The van der Waals surface area contributed by atoms with E-state index in [2.05, 4.69) is 20.8 Å². The Hall–Kier alpha value is -1.89.